The minimum absolute atomic E-state index is 0.0527. The molecule has 2 aliphatic rings. The van der Waals surface area contributed by atoms with E-state index in [1.165, 1.54) is 0 Å². The summed E-state index contributed by atoms with van der Waals surface area (Å²) >= 11 is 0. The van der Waals surface area contributed by atoms with Crippen LogP contribution in [0.25, 0.3) is 0 Å². The molecule has 0 unspecified atom stereocenters. The summed E-state index contributed by atoms with van der Waals surface area (Å²) in [5.41, 5.74) is 0. The Hall–Kier alpha value is -2.12. The highest BCUT2D eigenvalue weighted by Gasteiger charge is 2.30. The van der Waals surface area contributed by atoms with Gasteiger partial charge in [-0.1, -0.05) is 46.5 Å². The van der Waals surface area contributed by atoms with E-state index in [1.54, 1.807) is 0 Å². The molecule has 1 heterocycles. The topological polar surface area (TPSA) is 114 Å². The summed E-state index contributed by atoms with van der Waals surface area (Å²) in [6.45, 7) is 4.35. The predicted molar refractivity (Wildman–Crippen MR) is 122 cm³/mol. The zero-order chi connectivity index (χ0) is 25.3. The number of hydrogen-bond acceptors (Lipinski definition) is 5. The molecule has 0 spiro atoms. The summed E-state index contributed by atoms with van der Waals surface area (Å²) in [5.74, 6) is -0.741. The first-order valence-electron chi connectivity index (χ1n) is 13.1. The first-order valence-corrected chi connectivity index (χ1v) is 12.1. The average Bonchev–Trinajstić information content (AvgIpc) is 3.17. The van der Waals surface area contributed by atoms with Crippen LogP contribution in [0.15, 0.2) is 0 Å². The monoisotopic (exact) mass is 453 g/mol. The number of nitrogens with one attached hydrogen (secondary N) is 3. The van der Waals surface area contributed by atoms with Crippen LogP contribution in [-0.2, 0) is 19.1 Å². The molecule has 3 atom stereocenters. The van der Waals surface area contributed by atoms with Gasteiger partial charge < -0.3 is 25.5 Å². The third-order valence-corrected chi connectivity index (χ3v) is 6.37. The van der Waals surface area contributed by atoms with E-state index in [-0.39, 0.29) is 30.1 Å². The molecule has 3 amide bonds. The Morgan fingerprint density at radius 3 is 2.44 bits per heavy atom. The highest BCUT2D eigenvalue weighted by Crippen LogP contribution is 2.31. The van der Waals surface area contributed by atoms with E-state index in [9.17, 15) is 19.2 Å². The zero-order valence-corrected chi connectivity index (χ0v) is 19.7. The zero-order valence-electron chi connectivity index (χ0n) is 21.7. The van der Waals surface area contributed by atoms with Crippen molar-refractivity contribution in [3.8, 4) is 0 Å². The van der Waals surface area contributed by atoms with Gasteiger partial charge >= 0.3 is 6.09 Å². The molecule has 2 fully saturated rings. The van der Waals surface area contributed by atoms with Gasteiger partial charge in [0.05, 0.1) is 15.3 Å². The summed E-state index contributed by atoms with van der Waals surface area (Å²) in [7, 11) is 0. The lowest BCUT2D eigenvalue weighted by molar-refractivity contribution is -0.127. The predicted octanol–water partition coefficient (Wildman–Crippen LogP) is 2.94. The summed E-state index contributed by atoms with van der Waals surface area (Å²) < 4.78 is 21.8. The number of rotatable bonds is 12. The lowest BCUT2D eigenvalue weighted by Gasteiger charge is -2.28. The Balaban J connectivity index is 1.93. The van der Waals surface area contributed by atoms with Gasteiger partial charge in [-0.3, -0.25) is 9.59 Å². The third-order valence-electron chi connectivity index (χ3n) is 6.37. The molecular formula is C24H41N3O5. The maximum absolute atomic E-state index is 12.9. The summed E-state index contributed by atoms with van der Waals surface area (Å²) in [6.07, 6.45) is 6.13. The normalized spacial score (nSPS) is 26.4. The minimum Gasteiger partial charge on any atom is -0.449 e. The van der Waals surface area contributed by atoms with E-state index in [4.69, 9.17) is 7.48 Å². The number of carbonyl (C=O) groups is 4. The van der Waals surface area contributed by atoms with Crippen molar-refractivity contribution >= 4 is 24.2 Å². The van der Waals surface area contributed by atoms with Crippen molar-refractivity contribution in [1.29, 1.82) is 0 Å². The van der Waals surface area contributed by atoms with Crippen LogP contribution < -0.4 is 16.0 Å². The van der Waals surface area contributed by atoms with Crippen LogP contribution in [0.5, 0.6) is 0 Å². The van der Waals surface area contributed by atoms with Crippen molar-refractivity contribution in [2.75, 3.05) is 13.1 Å². The molecule has 1 saturated carbocycles. The van der Waals surface area contributed by atoms with Crippen molar-refractivity contribution < 1.29 is 26.7 Å². The van der Waals surface area contributed by atoms with Crippen molar-refractivity contribution in [1.82, 2.24) is 16.0 Å². The van der Waals surface area contributed by atoms with E-state index in [1.807, 2.05) is 13.8 Å². The van der Waals surface area contributed by atoms with Crippen LogP contribution in [-0.4, -0.2) is 49.4 Å². The van der Waals surface area contributed by atoms with Crippen molar-refractivity contribution in [2.45, 2.75) is 90.6 Å². The van der Waals surface area contributed by atoms with Gasteiger partial charge in [-0.15, -0.1) is 0 Å². The number of amides is 3. The fraction of sp³-hybridized carbons (Fsp3) is 0.833. The number of carbonyl (C=O) groups excluding carboxylic acids is 4. The van der Waals surface area contributed by atoms with E-state index in [0.717, 1.165) is 25.7 Å². The number of alkyl carbamates (subject to hydrolysis) is 1. The van der Waals surface area contributed by atoms with Crippen LogP contribution in [0.3, 0.4) is 0 Å². The SMILES string of the molecule is [2H]C([2H])(OC(=O)N[C@@H](CC(C)C)C(=O)N[C@H](C=O)C[C@@H]1CCNC1=O)C1CCC(CCC)CC1. The Labute approximate surface area is 194 Å². The highest BCUT2D eigenvalue weighted by molar-refractivity contribution is 5.88. The molecule has 0 radical (unpaired) electrons. The number of aldehydes is 1. The molecule has 1 aliphatic carbocycles. The van der Waals surface area contributed by atoms with Crippen molar-refractivity contribution in [3.63, 3.8) is 0 Å². The molecule has 8 nitrogen and oxygen atoms in total. The van der Waals surface area contributed by atoms with Crippen LogP contribution in [0.1, 0.15) is 81.3 Å². The number of ether oxygens (including phenoxy) is 1. The van der Waals surface area contributed by atoms with Crippen LogP contribution in [0.2, 0.25) is 0 Å². The van der Waals surface area contributed by atoms with Gasteiger partial charge in [0.25, 0.3) is 0 Å². The Morgan fingerprint density at radius 1 is 1.19 bits per heavy atom. The highest BCUT2D eigenvalue weighted by atomic mass is 16.5. The molecule has 182 valence electrons. The van der Waals surface area contributed by atoms with Gasteiger partial charge in [0.1, 0.15) is 12.3 Å². The second kappa shape index (κ2) is 13.4. The second-order valence-electron chi connectivity index (χ2n) is 9.60. The van der Waals surface area contributed by atoms with Gasteiger partial charge in [0, 0.05) is 12.5 Å². The van der Waals surface area contributed by atoms with Crippen LogP contribution in [0, 0.1) is 23.7 Å². The molecule has 0 bridgehead atoms. The van der Waals surface area contributed by atoms with Gasteiger partial charge in [-0.2, -0.15) is 0 Å². The van der Waals surface area contributed by atoms with E-state index < -0.39 is 30.6 Å². The van der Waals surface area contributed by atoms with Gasteiger partial charge in [0.15, 0.2) is 0 Å². The molecule has 0 aromatic rings. The van der Waals surface area contributed by atoms with E-state index >= 15 is 0 Å². The van der Waals surface area contributed by atoms with Crippen LogP contribution >= 0.6 is 0 Å². The lowest BCUT2D eigenvalue weighted by Crippen LogP contribution is -2.51. The molecule has 0 aromatic carbocycles. The second-order valence-corrected chi connectivity index (χ2v) is 9.60. The average molecular weight is 454 g/mol. The maximum Gasteiger partial charge on any atom is 0.407 e. The molecule has 3 N–H and O–H groups in total. The summed E-state index contributed by atoms with van der Waals surface area (Å²) in [6, 6.07) is -1.83. The molecule has 0 aromatic heterocycles. The van der Waals surface area contributed by atoms with E-state index in [2.05, 4.69) is 22.9 Å². The Kier molecular flexibility index (Phi) is 9.68. The number of hydrogen-bond donors (Lipinski definition) is 3. The van der Waals surface area contributed by atoms with Crippen molar-refractivity contribution in [2.24, 2.45) is 23.7 Å². The third kappa shape index (κ3) is 8.79. The first-order chi connectivity index (χ1) is 16.1. The quantitative estimate of drug-likeness (QED) is 0.393. The molecule has 1 saturated heterocycles. The van der Waals surface area contributed by atoms with Gasteiger partial charge in [-0.05, 0) is 49.9 Å². The molecule has 8 heteroatoms. The molecular weight excluding hydrogens is 410 g/mol. The summed E-state index contributed by atoms with van der Waals surface area (Å²) in [5, 5.41) is 7.82. The minimum atomic E-state index is -2.12. The van der Waals surface area contributed by atoms with Crippen LogP contribution in [0.4, 0.5) is 4.79 Å². The van der Waals surface area contributed by atoms with Gasteiger partial charge in [-0.25, -0.2) is 4.79 Å². The molecule has 1 aliphatic heterocycles. The smallest absolute Gasteiger partial charge is 0.407 e. The lowest BCUT2D eigenvalue weighted by atomic mass is 9.80. The maximum atomic E-state index is 12.9. The standard InChI is InChI=1S/C24H41N3O5/c1-4-5-17-6-8-18(9-7-17)15-32-24(31)27-21(12-16(2)3)23(30)26-20(14-28)13-19-10-11-25-22(19)29/h14,16-21H,4-13,15H2,1-3H3,(H,25,29)(H,26,30)(H,27,31)/t17?,18?,19-,20-,21-/m0/s1/i15D2. The van der Waals surface area contributed by atoms with E-state index in [0.29, 0.717) is 44.4 Å². The Bertz CT molecular complexity index is 711. The molecule has 2 rings (SSSR count). The fourth-order valence-electron chi connectivity index (χ4n) is 4.60. The molecule has 32 heavy (non-hydrogen) atoms. The Morgan fingerprint density at radius 2 is 1.88 bits per heavy atom. The largest absolute Gasteiger partial charge is 0.449 e. The van der Waals surface area contributed by atoms with Crippen molar-refractivity contribution in [3.05, 3.63) is 0 Å². The first kappa shape index (κ1) is 23.1. The summed E-state index contributed by atoms with van der Waals surface area (Å²) in [4.78, 5) is 48.8. The fourth-order valence-corrected chi connectivity index (χ4v) is 4.60. The van der Waals surface area contributed by atoms with Gasteiger partial charge in [0.2, 0.25) is 11.8 Å².